The van der Waals surface area contributed by atoms with Gasteiger partial charge in [-0.25, -0.2) is 0 Å². The molecule has 0 heterocycles. The van der Waals surface area contributed by atoms with Crippen LogP contribution in [-0.4, -0.2) is 38.6 Å². The molecule has 0 aliphatic rings. The molecule has 0 saturated heterocycles. The van der Waals surface area contributed by atoms with Gasteiger partial charge in [0, 0.05) is 36.6 Å². The third-order valence-electron chi connectivity index (χ3n) is 3.17. The van der Waals surface area contributed by atoms with Gasteiger partial charge in [0.15, 0.2) is 0 Å². The Hall–Kier alpha value is -1.07. The molecule has 0 radical (unpaired) electrons. The molecular weight excluding hydrogens is 320 g/mol. The Labute approximate surface area is 129 Å². The second-order valence-electron chi connectivity index (χ2n) is 4.93. The van der Waals surface area contributed by atoms with Gasteiger partial charge in [0.05, 0.1) is 6.61 Å². The summed E-state index contributed by atoms with van der Waals surface area (Å²) in [4.78, 5) is 13.1. The summed E-state index contributed by atoms with van der Waals surface area (Å²) < 4.78 is 6.82. The molecule has 20 heavy (non-hydrogen) atoms. The predicted octanol–water partition coefficient (Wildman–Crippen LogP) is 2.98. The summed E-state index contributed by atoms with van der Waals surface area (Å²) in [6.07, 6.45) is 1.23. The first kappa shape index (κ1) is 17.0. The summed E-state index contributed by atoms with van der Waals surface area (Å²) in [5, 5.41) is 3.21. The largest absolute Gasteiger partial charge is 0.493 e. The fraction of sp³-hybridized carbons (Fsp3) is 0.533. The molecule has 1 aromatic carbocycles. The van der Waals surface area contributed by atoms with Crippen LogP contribution in [0.2, 0.25) is 0 Å². The van der Waals surface area contributed by atoms with E-state index in [9.17, 15) is 4.79 Å². The lowest BCUT2D eigenvalue weighted by molar-refractivity contribution is -0.128. The van der Waals surface area contributed by atoms with Crippen LogP contribution in [-0.2, 0) is 4.79 Å². The van der Waals surface area contributed by atoms with E-state index in [0.717, 1.165) is 22.2 Å². The van der Waals surface area contributed by atoms with E-state index in [2.05, 4.69) is 28.2 Å². The number of nitrogens with zero attached hydrogens (tertiary/aromatic N) is 1. The molecule has 0 aliphatic heterocycles. The van der Waals surface area contributed by atoms with Crippen LogP contribution in [0.1, 0.15) is 31.4 Å². The average molecular weight is 343 g/mol. The Kier molecular flexibility index (Phi) is 7.02. The Morgan fingerprint density at radius 1 is 1.45 bits per heavy atom. The van der Waals surface area contributed by atoms with Crippen LogP contribution < -0.4 is 10.1 Å². The van der Waals surface area contributed by atoms with Crippen LogP contribution >= 0.6 is 15.9 Å². The lowest BCUT2D eigenvalue weighted by atomic mass is 10.1. The molecule has 0 aromatic heterocycles. The number of carbonyl (C=O) groups is 1. The minimum atomic E-state index is 0.131. The number of benzene rings is 1. The number of hydrogen-bond donors (Lipinski definition) is 1. The molecule has 1 rings (SSSR count). The van der Waals surface area contributed by atoms with Gasteiger partial charge in [-0.15, -0.1) is 0 Å². The molecular formula is C15H23BrN2O2. The van der Waals surface area contributed by atoms with Gasteiger partial charge in [0.25, 0.3) is 0 Å². The van der Waals surface area contributed by atoms with Gasteiger partial charge in [-0.3, -0.25) is 4.79 Å². The quantitative estimate of drug-likeness (QED) is 0.774. The lowest BCUT2D eigenvalue weighted by Gasteiger charge is -2.17. The number of ether oxygens (including phenoxy) is 1. The molecule has 1 unspecified atom stereocenters. The van der Waals surface area contributed by atoms with Crippen molar-refractivity contribution in [2.75, 3.05) is 27.7 Å². The van der Waals surface area contributed by atoms with Gasteiger partial charge in [-0.1, -0.05) is 22.0 Å². The van der Waals surface area contributed by atoms with Crippen molar-refractivity contribution in [1.29, 1.82) is 0 Å². The highest BCUT2D eigenvalue weighted by atomic mass is 79.9. The summed E-state index contributed by atoms with van der Waals surface area (Å²) in [7, 11) is 5.46. The lowest BCUT2D eigenvalue weighted by Crippen LogP contribution is -2.21. The maximum atomic E-state index is 11.5. The highest BCUT2D eigenvalue weighted by Crippen LogP contribution is 2.28. The minimum absolute atomic E-state index is 0.131. The van der Waals surface area contributed by atoms with Crippen molar-refractivity contribution in [2.45, 2.75) is 25.8 Å². The minimum Gasteiger partial charge on any atom is -0.493 e. The first-order valence-corrected chi connectivity index (χ1v) is 7.54. The fourth-order valence-corrected chi connectivity index (χ4v) is 2.12. The third kappa shape index (κ3) is 5.13. The number of halogens is 1. The summed E-state index contributed by atoms with van der Waals surface area (Å²) in [5.74, 6) is 0.991. The van der Waals surface area contributed by atoms with Crippen LogP contribution in [0.15, 0.2) is 22.7 Å². The van der Waals surface area contributed by atoms with Gasteiger partial charge in [0.2, 0.25) is 5.91 Å². The summed E-state index contributed by atoms with van der Waals surface area (Å²) >= 11 is 3.46. The van der Waals surface area contributed by atoms with Crippen molar-refractivity contribution in [2.24, 2.45) is 0 Å². The first-order chi connectivity index (χ1) is 9.45. The molecule has 1 N–H and O–H groups in total. The fourth-order valence-electron chi connectivity index (χ4n) is 1.78. The zero-order chi connectivity index (χ0) is 15.1. The number of amides is 1. The smallest absolute Gasteiger partial charge is 0.222 e. The normalized spacial score (nSPS) is 12.1. The zero-order valence-electron chi connectivity index (χ0n) is 12.6. The van der Waals surface area contributed by atoms with E-state index in [-0.39, 0.29) is 11.9 Å². The molecule has 4 nitrogen and oxygen atoms in total. The Bertz CT molecular complexity index is 449. The van der Waals surface area contributed by atoms with E-state index in [1.54, 1.807) is 19.0 Å². The number of carbonyl (C=O) groups excluding carboxylic acids is 1. The van der Waals surface area contributed by atoms with Gasteiger partial charge in [0.1, 0.15) is 5.75 Å². The van der Waals surface area contributed by atoms with Crippen molar-refractivity contribution in [3.05, 3.63) is 28.2 Å². The SMILES string of the molecule is CNC(C)c1ccc(Br)cc1OCCCC(=O)N(C)C. The first-order valence-electron chi connectivity index (χ1n) is 6.75. The summed E-state index contributed by atoms with van der Waals surface area (Å²) in [6.45, 7) is 2.63. The predicted molar refractivity (Wildman–Crippen MR) is 85.0 cm³/mol. The van der Waals surface area contributed by atoms with Crippen molar-refractivity contribution in [3.63, 3.8) is 0 Å². The van der Waals surface area contributed by atoms with E-state index in [4.69, 9.17) is 4.74 Å². The standard InChI is InChI=1S/C15H23BrN2O2/c1-11(17-2)13-8-7-12(16)10-14(13)20-9-5-6-15(19)18(3)4/h7-8,10-11,17H,5-6,9H2,1-4H3. The van der Waals surface area contributed by atoms with Gasteiger partial charge < -0.3 is 15.0 Å². The summed E-state index contributed by atoms with van der Waals surface area (Å²) in [6, 6.07) is 6.25. The van der Waals surface area contributed by atoms with E-state index < -0.39 is 0 Å². The number of rotatable bonds is 7. The second-order valence-corrected chi connectivity index (χ2v) is 5.85. The molecule has 0 spiro atoms. The van der Waals surface area contributed by atoms with E-state index >= 15 is 0 Å². The zero-order valence-corrected chi connectivity index (χ0v) is 14.2. The average Bonchev–Trinajstić information content (AvgIpc) is 2.42. The molecule has 0 aliphatic carbocycles. The van der Waals surface area contributed by atoms with Crippen molar-refractivity contribution >= 4 is 21.8 Å². The Morgan fingerprint density at radius 2 is 2.15 bits per heavy atom. The van der Waals surface area contributed by atoms with Crippen molar-refractivity contribution in [3.8, 4) is 5.75 Å². The van der Waals surface area contributed by atoms with Gasteiger partial charge >= 0.3 is 0 Å². The van der Waals surface area contributed by atoms with Crippen LogP contribution in [0.25, 0.3) is 0 Å². The molecule has 1 amide bonds. The van der Waals surface area contributed by atoms with Gasteiger partial charge in [-0.2, -0.15) is 0 Å². The maximum absolute atomic E-state index is 11.5. The molecule has 1 atom stereocenters. The Morgan fingerprint density at radius 3 is 2.75 bits per heavy atom. The molecule has 0 bridgehead atoms. The molecule has 1 aromatic rings. The third-order valence-corrected chi connectivity index (χ3v) is 3.66. The monoisotopic (exact) mass is 342 g/mol. The van der Waals surface area contributed by atoms with Crippen LogP contribution in [0.3, 0.4) is 0 Å². The van der Waals surface area contributed by atoms with Crippen molar-refractivity contribution < 1.29 is 9.53 Å². The molecule has 112 valence electrons. The topological polar surface area (TPSA) is 41.6 Å². The molecule has 0 saturated carbocycles. The maximum Gasteiger partial charge on any atom is 0.222 e. The Balaban J connectivity index is 2.58. The van der Waals surface area contributed by atoms with Crippen LogP contribution in [0, 0.1) is 0 Å². The van der Waals surface area contributed by atoms with Crippen molar-refractivity contribution in [1.82, 2.24) is 10.2 Å². The summed E-state index contributed by atoms with van der Waals surface area (Å²) in [5.41, 5.74) is 1.12. The highest BCUT2D eigenvalue weighted by Gasteiger charge is 2.11. The van der Waals surface area contributed by atoms with E-state index in [1.807, 2.05) is 25.2 Å². The molecule has 0 fully saturated rings. The highest BCUT2D eigenvalue weighted by molar-refractivity contribution is 9.10. The number of nitrogens with one attached hydrogen (secondary N) is 1. The van der Waals surface area contributed by atoms with E-state index in [1.165, 1.54) is 0 Å². The van der Waals surface area contributed by atoms with Crippen LogP contribution in [0.5, 0.6) is 5.75 Å². The van der Waals surface area contributed by atoms with E-state index in [0.29, 0.717) is 13.0 Å². The molecule has 5 heteroatoms. The second kappa shape index (κ2) is 8.27. The number of hydrogen-bond acceptors (Lipinski definition) is 3. The van der Waals surface area contributed by atoms with Crippen LogP contribution in [0.4, 0.5) is 0 Å². The van der Waals surface area contributed by atoms with Gasteiger partial charge in [-0.05, 0) is 32.5 Å².